The second-order valence-corrected chi connectivity index (χ2v) is 13.2. The second-order valence-electron chi connectivity index (χ2n) is 12.0. The third-order valence-corrected chi connectivity index (χ3v) is 8.02. The molecule has 0 saturated carbocycles. The van der Waals surface area contributed by atoms with Crippen LogP contribution in [0.25, 0.3) is 33.8 Å². The number of carbonyl (C=O) groups excluding carboxylic acids is 2. The monoisotopic (exact) mass is 911 g/mol. The fourth-order valence-corrected chi connectivity index (χ4v) is 5.27. The van der Waals surface area contributed by atoms with E-state index in [1.165, 1.54) is 24.3 Å². The lowest BCUT2D eigenvalue weighted by Crippen LogP contribution is -2.36. The van der Waals surface area contributed by atoms with Gasteiger partial charge in [-0.1, -0.05) is 47.5 Å². The second kappa shape index (κ2) is 21.1. The maximum atomic E-state index is 12.1. The van der Waals surface area contributed by atoms with Crippen molar-refractivity contribution in [2.75, 3.05) is 24.1 Å². The van der Waals surface area contributed by atoms with Gasteiger partial charge in [0.2, 0.25) is 0 Å². The summed E-state index contributed by atoms with van der Waals surface area (Å²) in [5, 5.41) is 15.6. The minimum atomic E-state index is -4.46. The van der Waals surface area contributed by atoms with Gasteiger partial charge in [0, 0.05) is 80.8 Å². The van der Waals surface area contributed by atoms with Crippen molar-refractivity contribution in [3.8, 4) is 28.3 Å². The van der Waals surface area contributed by atoms with E-state index in [4.69, 9.17) is 40.5 Å². The quantitative estimate of drug-likeness (QED) is 0.0412. The third-order valence-electron chi connectivity index (χ3n) is 7.48. The van der Waals surface area contributed by atoms with E-state index in [9.17, 15) is 46.0 Å². The molecule has 14 nitrogen and oxygen atoms in total. The SMILES string of the molecule is NCC(F)(F)F.Nc1cccc(-c2cnc3cc(Cl)ccn23)c1.O=C(Cl)Oc1ccc([N+](=O)[O-])cc1.O=C(NCC(F)(F)F)Nc1cccc(-c2cnc3cc(Cl)ccn23)c1. The predicted octanol–water partition coefficient (Wildman–Crippen LogP) is 10.4. The Morgan fingerprint density at radius 3 is 1.74 bits per heavy atom. The summed E-state index contributed by atoms with van der Waals surface area (Å²) < 4.78 is 76.6. The Kier molecular flexibility index (Phi) is 16.3. The number of imidazole rings is 2. The zero-order valence-electron chi connectivity index (χ0n) is 30.8. The lowest BCUT2D eigenvalue weighted by atomic mass is 10.1. The number of aromatic nitrogens is 4. The first-order chi connectivity index (χ1) is 28.7. The lowest BCUT2D eigenvalue weighted by molar-refractivity contribution is -0.384. The zero-order chi connectivity index (χ0) is 44.9. The number of urea groups is 1. The molecular weight excluding hydrogens is 883 g/mol. The van der Waals surface area contributed by atoms with Crippen LogP contribution in [0.5, 0.6) is 5.75 Å². The molecule has 4 heterocycles. The highest BCUT2D eigenvalue weighted by atomic mass is 35.5. The van der Waals surface area contributed by atoms with Gasteiger partial charge in [0.05, 0.1) is 35.2 Å². The molecule has 0 atom stereocenters. The number of benzene rings is 3. The molecule has 6 N–H and O–H groups in total. The number of hydrogen-bond acceptors (Lipinski definition) is 9. The third kappa shape index (κ3) is 15.2. The highest BCUT2D eigenvalue weighted by Gasteiger charge is 2.27. The molecule has 4 aromatic heterocycles. The molecule has 0 aliphatic carbocycles. The normalized spacial score (nSPS) is 10.9. The number of nitrogen functional groups attached to an aromatic ring is 1. The largest absolute Gasteiger partial charge is 0.414 e. The number of nitrogens with two attached hydrogens (primary N) is 2. The van der Waals surface area contributed by atoms with Gasteiger partial charge in [0.15, 0.2) is 0 Å². The number of amides is 2. The summed E-state index contributed by atoms with van der Waals surface area (Å²) in [6, 6.07) is 25.6. The van der Waals surface area contributed by atoms with E-state index in [1.54, 1.807) is 54.1 Å². The zero-order valence-corrected chi connectivity index (χ0v) is 33.1. The Labute approximate surface area is 355 Å². The van der Waals surface area contributed by atoms with E-state index in [0.29, 0.717) is 21.4 Å². The average Bonchev–Trinajstić information content (AvgIpc) is 3.81. The topological polar surface area (TPSA) is 197 Å². The van der Waals surface area contributed by atoms with Gasteiger partial charge in [0.25, 0.3) is 5.69 Å². The van der Waals surface area contributed by atoms with Gasteiger partial charge in [0.1, 0.15) is 23.6 Å². The number of nitrogens with zero attached hydrogens (tertiary/aromatic N) is 5. The van der Waals surface area contributed by atoms with Crippen molar-refractivity contribution in [3.05, 3.63) is 142 Å². The Bertz CT molecular complexity index is 2610. The molecular formula is C38H30Cl3F6N9O5. The van der Waals surface area contributed by atoms with Crippen LogP contribution in [0.4, 0.5) is 53.0 Å². The number of alkyl halides is 6. The highest BCUT2D eigenvalue weighted by molar-refractivity contribution is 6.61. The first-order valence-electron chi connectivity index (χ1n) is 16.9. The van der Waals surface area contributed by atoms with Crippen LogP contribution >= 0.6 is 34.8 Å². The van der Waals surface area contributed by atoms with Crippen molar-refractivity contribution in [1.29, 1.82) is 0 Å². The molecule has 0 spiro atoms. The smallest absolute Gasteiger partial charge is 0.409 e. The summed E-state index contributed by atoms with van der Waals surface area (Å²) in [5.74, 6) is 0.172. The van der Waals surface area contributed by atoms with Gasteiger partial charge in [-0.15, -0.1) is 0 Å². The summed E-state index contributed by atoms with van der Waals surface area (Å²) in [7, 11) is 0. The summed E-state index contributed by atoms with van der Waals surface area (Å²) in [6.07, 6.45) is -1.51. The molecule has 7 rings (SSSR count). The molecule has 23 heteroatoms. The van der Waals surface area contributed by atoms with E-state index in [-0.39, 0.29) is 11.4 Å². The van der Waals surface area contributed by atoms with Crippen LogP contribution in [0.1, 0.15) is 0 Å². The summed E-state index contributed by atoms with van der Waals surface area (Å²) in [4.78, 5) is 40.0. The summed E-state index contributed by atoms with van der Waals surface area (Å²) in [6.45, 7) is -2.63. The number of anilines is 2. The van der Waals surface area contributed by atoms with Crippen molar-refractivity contribution in [2.45, 2.75) is 12.4 Å². The Morgan fingerprint density at radius 1 is 0.770 bits per heavy atom. The maximum absolute atomic E-state index is 12.1. The molecule has 0 unspecified atom stereocenters. The van der Waals surface area contributed by atoms with Gasteiger partial charge >= 0.3 is 23.8 Å². The molecule has 3 aromatic carbocycles. The van der Waals surface area contributed by atoms with Crippen molar-refractivity contribution in [2.24, 2.45) is 5.73 Å². The fourth-order valence-electron chi connectivity index (χ4n) is 4.88. The molecule has 0 saturated heterocycles. The Morgan fingerprint density at radius 2 is 1.28 bits per heavy atom. The number of fused-ring (bicyclic) bond motifs is 2. The van der Waals surface area contributed by atoms with Crippen LogP contribution in [0.15, 0.2) is 122 Å². The van der Waals surface area contributed by atoms with Gasteiger partial charge < -0.3 is 26.8 Å². The van der Waals surface area contributed by atoms with Crippen LogP contribution in [0.3, 0.4) is 0 Å². The van der Waals surface area contributed by atoms with Gasteiger partial charge in [-0.05, 0) is 48.5 Å². The molecule has 0 bridgehead atoms. The molecule has 0 radical (unpaired) electrons. The Balaban J connectivity index is 0.000000198. The van der Waals surface area contributed by atoms with Crippen LogP contribution in [-0.4, -0.2) is 60.6 Å². The van der Waals surface area contributed by atoms with Crippen LogP contribution in [-0.2, 0) is 0 Å². The maximum Gasteiger partial charge on any atom is 0.409 e. The van der Waals surface area contributed by atoms with Gasteiger partial charge in [-0.3, -0.25) is 18.9 Å². The van der Waals surface area contributed by atoms with Crippen molar-refractivity contribution in [3.63, 3.8) is 0 Å². The molecule has 0 aliphatic rings. The number of hydrogen-bond donors (Lipinski definition) is 4. The van der Waals surface area contributed by atoms with E-state index >= 15 is 0 Å². The number of nitrogens with one attached hydrogen (secondary N) is 2. The molecule has 0 fully saturated rings. The molecule has 2 amide bonds. The Hall–Kier alpha value is -6.61. The predicted molar refractivity (Wildman–Crippen MR) is 219 cm³/mol. The first kappa shape index (κ1) is 47.1. The number of nitro benzene ring substituents is 1. The minimum Gasteiger partial charge on any atom is -0.414 e. The van der Waals surface area contributed by atoms with E-state index in [0.717, 1.165) is 33.8 Å². The van der Waals surface area contributed by atoms with Crippen LogP contribution in [0, 0.1) is 10.1 Å². The molecule has 0 aliphatic heterocycles. The van der Waals surface area contributed by atoms with Crippen LogP contribution in [0.2, 0.25) is 10.0 Å². The fraction of sp³-hybridized carbons (Fsp3) is 0.105. The lowest BCUT2D eigenvalue weighted by Gasteiger charge is -2.10. The minimum absolute atomic E-state index is 0.0747. The van der Waals surface area contributed by atoms with E-state index < -0.39 is 41.8 Å². The first-order valence-corrected chi connectivity index (χ1v) is 18.1. The standard InChI is InChI=1S/C16H12ClF3N4O.C13H10ClN3.C7H4ClNO4.C2H4F3N/c17-11-4-5-24-13(8-21-14(24)7-11)10-2-1-3-12(6-10)23-15(25)22-9-16(18,19)20;14-10-4-5-17-12(8-16-13(17)7-10)9-2-1-3-11(15)6-9;8-7(10)13-6-3-1-5(2-4-6)9(11)12;3-2(4,5)1-6/h1-8H,9H2,(H2,22,23,25);1-8H,15H2;1-4H;1,6H2. The van der Waals surface area contributed by atoms with E-state index in [1.807, 2.05) is 57.6 Å². The number of ether oxygens (including phenoxy) is 1. The number of pyridine rings is 2. The highest BCUT2D eigenvalue weighted by Crippen LogP contribution is 2.26. The number of rotatable bonds is 6. The van der Waals surface area contributed by atoms with Crippen molar-refractivity contribution < 1.29 is 45.6 Å². The molecule has 61 heavy (non-hydrogen) atoms. The average molecular weight is 913 g/mol. The number of halogens is 9. The number of nitro groups is 1. The molecule has 7 aromatic rings. The molecule has 320 valence electrons. The number of non-ortho nitro benzene ring substituents is 1. The van der Waals surface area contributed by atoms with Gasteiger partial charge in [-0.2, -0.15) is 26.3 Å². The summed E-state index contributed by atoms with van der Waals surface area (Å²) in [5.41, 5.74) is 15.0. The van der Waals surface area contributed by atoms with E-state index in [2.05, 4.69) is 25.8 Å². The number of carbonyl (C=O) groups is 2. The van der Waals surface area contributed by atoms with Crippen molar-refractivity contribution >= 4 is 74.6 Å². The van der Waals surface area contributed by atoms with Gasteiger partial charge in [-0.25, -0.2) is 19.6 Å². The summed E-state index contributed by atoms with van der Waals surface area (Å²) >= 11 is 16.8. The van der Waals surface area contributed by atoms with Crippen LogP contribution < -0.4 is 26.8 Å². The van der Waals surface area contributed by atoms with Crippen molar-refractivity contribution in [1.82, 2.24) is 24.1 Å².